The van der Waals surface area contributed by atoms with Crippen LogP contribution in [0.1, 0.15) is 12.5 Å². The van der Waals surface area contributed by atoms with Crippen molar-refractivity contribution in [1.29, 1.82) is 0 Å². The highest BCUT2D eigenvalue weighted by atomic mass is 15.5. The van der Waals surface area contributed by atoms with E-state index in [-0.39, 0.29) is 0 Å². The molecular formula is C22H16N2. The molecular weight excluding hydrogens is 292 g/mol. The Morgan fingerprint density at radius 1 is 0.750 bits per heavy atom. The molecule has 0 spiro atoms. The number of rotatable bonds is 1. The number of anilines is 2. The van der Waals surface area contributed by atoms with Crippen molar-refractivity contribution in [1.82, 2.24) is 0 Å². The number of hydrazone groups is 1. The minimum absolute atomic E-state index is 1.05. The molecule has 0 fully saturated rings. The topological polar surface area (TPSA) is 15.6 Å². The molecule has 0 N–H and O–H groups in total. The lowest BCUT2D eigenvalue weighted by Crippen LogP contribution is -2.18. The summed E-state index contributed by atoms with van der Waals surface area (Å²) in [5.74, 6) is 0. The molecule has 0 atom stereocenters. The van der Waals surface area contributed by atoms with Gasteiger partial charge in [0.1, 0.15) is 0 Å². The lowest BCUT2D eigenvalue weighted by Gasteiger charge is -2.28. The van der Waals surface area contributed by atoms with E-state index in [1.807, 2.05) is 6.07 Å². The van der Waals surface area contributed by atoms with Crippen molar-refractivity contribution in [2.45, 2.75) is 6.92 Å². The van der Waals surface area contributed by atoms with Crippen LogP contribution in [-0.2, 0) is 0 Å². The van der Waals surface area contributed by atoms with Crippen LogP contribution in [0.15, 0.2) is 84.0 Å². The highest BCUT2D eigenvalue weighted by Crippen LogP contribution is 2.41. The fourth-order valence-electron chi connectivity index (χ4n) is 3.63. The summed E-state index contributed by atoms with van der Waals surface area (Å²) in [4.78, 5) is 0. The number of hydrogen-bond acceptors (Lipinski definition) is 2. The average Bonchev–Trinajstić information content (AvgIpc) is 2.65. The van der Waals surface area contributed by atoms with Crippen molar-refractivity contribution in [3.05, 3.63) is 84.4 Å². The van der Waals surface area contributed by atoms with Crippen LogP contribution in [0.2, 0.25) is 0 Å². The van der Waals surface area contributed by atoms with Crippen LogP contribution >= 0.6 is 0 Å². The van der Waals surface area contributed by atoms with Gasteiger partial charge in [-0.15, -0.1) is 0 Å². The van der Waals surface area contributed by atoms with Crippen molar-refractivity contribution >= 4 is 38.6 Å². The van der Waals surface area contributed by atoms with E-state index in [0.717, 1.165) is 17.1 Å². The lowest BCUT2D eigenvalue weighted by molar-refractivity contribution is 1.08. The molecule has 0 unspecified atom stereocenters. The monoisotopic (exact) mass is 308 g/mol. The zero-order valence-electron chi connectivity index (χ0n) is 13.4. The summed E-state index contributed by atoms with van der Waals surface area (Å²) in [6.07, 6.45) is 0. The number of hydrogen-bond donors (Lipinski definition) is 0. The minimum atomic E-state index is 1.05. The summed E-state index contributed by atoms with van der Waals surface area (Å²) >= 11 is 0. The van der Waals surface area contributed by atoms with Gasteiger partial charge in [-0.2, -0.15) is 5.10 Å². The molecule has 0 radical (unpaired) electrons. The zero-order valence-corrected chi connectivity index (χ0v) is 13.4. The predicted octanol–water partition coefficient (Wildman–Crippen LogP) is 5.87. The molecule has 1 aliphatic heterocycles. The molecule has 114 valence electrons. The maximum Gasteiger partial charge on any atom is 0.0744 e. The quantitative estimate of drug-likeness (QED) is 0.402. The van der Waals surface area contributed by atoms with Crippen molar-refractivity contribution in [2.24, 2.45) is 5.10 Å². The Hall–Kier alpha value is -3.13. The first-order valence-electron chi connectivity index (χ1n) is 8.18. The average molecular weight is 308 g/mol. The fraction of sp³-hybridized carbons (Fsp3) is 0.0455. The number of para-hydroxylation sites is 1. The SMILES string of the molecule is CC1=NN(c2ccccc2)c2cc3ccccc3c3cccc1c23. The molecule has 4 aromatic rings. The largest absolute Gasteiger partial charge is 0.233 e. The van der Waals surface area contributed by atoms with Gasteiger partial charge < -0.3 is 0 Å². The van der Waals surface area contributed by atoms with Crippen LogP contribution in [0.25, 0.3) is 21.5 Å². The van der Waals surface area contributed by atoms with Crippen molar-refractivity contribution < 1.29 is 0 Å². The molecule has 4 aromatic carbocycles. The second kappa shape index (κ2) is 4.93. The predicted molar refractivity (Wildman–Crippen MR) is 102 cm³/mol. The molecule has 0 aliphatic carbocycles. The van der Waals surface area contributed by atoms with E-state index in [2.05, 4.69) is 84.7 Å². The first kappa shape index (κ1) is 13.3. The Bertz CT molecular complexity index is 1110. The van der Waals surface area contributed by atoms with Crippen LogP contribution in [0.3, 0.4) is 0 Å². The van der Waals surface area contributed by atoms with Crippen LogP contribution in [0, 0.1) is 0 Å². The highest BCUT2D eigenvalue weighted by Gasteiger charge is 2.22. The van der Waals surface area contributed by atoms with Gasteiger partial charge in [-0.3, -0.25) is 0 Å². The molecule has 0 aromatic heterocycles. The second-order valence-corrected chi connectivity index (χ2v) is 6.18. The Balaban J connectivity index is 1.94. The molecule has 0 bridgehead atoms. The Morgan fingerprint density at radius 2 is 1.50 bits per heavy atom. The maximum atomic E-state index is 4.88. The Labute approximate surface area is 140 Å². The molecule has 5 rings (SSSR count). The van der Waals surface area contributed by atoms with E-state index in [0.29, 0.717) is 0 Å². The van der Waals surface area contributed by atoms with Gasteiger partial charge in [0, 0.05) is 10.9 Å². The molecule has 2 nitrogen and oxygen atoms in total. The number of nitrogens with zero attached hydrogens (tertiary/aromatic N) is 2. The molecule has 1 heterocycles. The van der Waals surface area contributed by atoms with Gasteiger partial charge in [-0.1, -0.05) is 60.7 Å². The van der Waals surface area contributed by atoms with Crippen LogP contribution in [-0.4, -0.2) is 5.71 Å². The summed E-state index contributed by atoms with van der Waals surface area (Å²) in [6, 6.07) is 27.7. The van der Waals surface area contributed by atoms with Gasteiger partial charge in [0.25, 0.3) is 0 Å². The summed E-state index contributed by atoms with van der Waals surface area (Å²) in [7, 11) is 0. The van der Waals surface area contributed by atoms with Crippen molar-refractivity contribution in [2.75, 3.05) is 5.01 Å². The van der Waals surface area contributed by atoms with E-state index in [4.69, 9.17) is 5.10 Å². The van der Waals surface area contributed by atoms with Crippen molar-refractivity contribution in [3.8, 4) is 0 Å². The maximum absolute atomic E-state index is 4.88. The third-order valence-electron chi connectivity index (χ3n) is 4.73. The Kier molecular flexibility index (Phi) is 2.74. The molecule has 0 saturated carbocycles. The van der Waals surface area contributed by atoms with Crippen molar-refractivity contribution in [3.63, 3.8) is 0 Å². The molecule has 0 amide bonds. The standard InChI is InChI=1S/C22H16N2/c1-15-18-12-7-13-20-19-11-6-5-8-16(19)14-21(22(18)20)24(23-15)17-9-3-2-4-10-17/h2-14H,1H3. The van der Waals surface area contributed by atoms with Crippen LogP contribution in [0.5, 0.6) is 0 Å². The molecule has 1 aliphatic rings. The fourth-order valence-corrected chi connectivity index (χ4v) is 3.63. The van der Waals surface area contributed by atoms with E-state index >= 15 is 0 Å². The van der Waals surface area contributed by atoms with Gasteiger partial charge in [-0.25, -0.2) is 5.01 Å². The molecule has 24 heavy (non-hydrogen) atoms. The zero-order chi connectivity index (χ0) is 16.1. The van der Waals surface area contributed by atoms with E-state index < -0.39 is 0 Å². The first-order valence-corrected chi connectivity index (χ1v) is 8.18. The van der Waals surface area contributed by atoms with Crippen LogP contribution < -0.4 is 5.01 Å². The van der Waals surface area contributed by atoms with E-state index in [1.165, 1.54) is 27.1 Å². The molecule has 2 heteroatoms. The summed E-state index contributed by atoms with van der Waals surface area (Å²) in [5.41, 5.74) is 4.51. The minimum Gasteiger partial charge on any atom is -0.233 e. The third kappa shape index (κ3) is 1.80. The Morgan fingerprint density at radius 3 is 2.38 bits per heavy atom. The lowest BCUT2D eigenvalue weighted by atomic mass is 9.93. The summed E-state index contributed by atoms with van der Waals surface area (Å²) in [6.45, 7) is 2.09. The van der Waals surface area contributed by atoms with E-state index in [9.17, 15) is 0 Å². The number of benzene rings is 4. The molecule has 0 saturated heterocycles. The normalized spacial score (nSPS) is 13.4. The van der Waals surface area contributed by atoms with Gasteiger partial charge in [0.2, 0.25) is 0 Å². The van der Waals surface area contributed by atoms with Gasteiger partial charge in [-0.05, 0) is 41.3 Å². The van der Waals surface area contributed by atoms with Gasteiger partial charge >= 0.3 is 0 Å². The highest BCUT2D eigenvalue weighted by molar-refractivity contribution is 6.23. The first-order chi connectivity index (χ1) is 11.8. The van der Waals surface area contributed by atoms with Crippen LogP contribution in [0.4, 0.5) is 11.4 Å². The van der Waals surface area contributed by atoms with Gasteiger partial charge in [0.05, 0.1) is 17.1 Å². The van der Waals surface area contributed by atoms with E-state index in [1.54, 1.807) is 0 Å². The third-order valence-corrected chi connectivity index (χ3v) is 4.73. The van der Waals surface area contributed by atoms with Gasteiger partial charge in [0.15, 0.2) is 0 Å². The smallest absolute Gasteiger partial charge is 0.0744 e. The number of fused-ring (bicyclic) bond motifs is 2. The summed E-state index contributed by atoms with van der Waals surface area (Å²) in [5, 5.41) is 12.1. The second-order valence-electron chi connectivity index (χ2n) is 6.18. The summed E-state index contributed by atoms with van der Waals surface area (Å²) < 4.78 is 0.